The Bertz CT molecular complexity index is 1940. The number of hydrogen-bond acceptors (Lipinski definition) is 14. The van der Waals surface area contributed by atoms with Crippen LogP contribution in [-0.4, -0.2) is 107 Å². The molecule has 0 radical (unpaired) electrons. The summed E-state index contributed by atoms with van der Waals surface area (Å²) >= 11 is 1.07. The zero-order valence-electron chi connectivity index (χ0n) is 33.1. The van der Waals surface area contributed by atoms with Crippen LogP contribution in [0.2, 0.25) is 0 Å². The quantitative estimate of drug-likeness (QED) is 0.0641. The molecule has 22 heteroatoms. The Kier molecular flexibility index (Phi) is 19.6. The van der Waals surface area contributed by atoms with Gasteiger partial charge in [-0.2, -0.15) is 0 Å². The van der Waals surface area contributed by atoms with Gasteiger partial charge < -0.3 is 47.3 Å². The predicted octanol–water partition coefficient (Wildman–Crippen LogP) is -4.11. The molecule has 19 nitrogen and oxygen atoms in total. The summed E-state index contributed by atoms with van der Waals surface area (Å²) in [5.41, 5.74) is 6.52. The Hall–Kier alpha value is -4.25. The van der Waals surface area contributed by atoms with Crippen molar-refractivity contribution in [3.8, 4) is 5.75 Å². The molecule has 2 heterocycles. The van der Waals surface area contributed by atoms with Gasteiger partial charge in [-0.25, -0.2) is 13.4 Å². The summed E-state index contributed by atoms with van der Waals surface area (Å²) in [4.78, 5) is 98.4. The van der Waals surface area contributed by atoms with Crippen LogP contribution in [0.25, 0.3) is 6.08 Å². The van der Waals surface area contributed by atoms with E-state index in [0.717, 1.165) is 17.4 Å². The topological polar surface area (TPSA) is 308 Å². The van der Waals surface area contributed by atoms with Gasteiger partial charge in [-0.3, -0.25) is 33.6 Å². The fraction of sp³-hybridized carbons (Fsp3) is 0.500. The molecule has 58 heavy (non-hydrogen) atoms. The van der Waals surface area contributed by atoms with Crippen molar-refractivity contribution in [2.45, 2.75) is 90.1 Å². The SMILES string of the molecule is CC[C@H](C)[C@@H]1NC(=O)[C@H](CC(C)C)NC(=O)[C@@H](NC(=O)[C@H](C)N)CNC(=O)[C@H](CS(=O)(=O)[O-])NC(=O)/C=C/c2csc(n2)[C@H](Cc2ccc(O)cc2)NC(=O)C1=O.[Na+]. The summed E-state index contributed by atoms with van der Waals surface area (Å²) in [7, 11) is -5.10. The smallest absolute Gasteiger partial charge is 0.748 e. The van der Waals surface area contributed by atoms with Crippen LogP contribution in [-0.2, 0) is 50.1 Å². The van der Waals surface area contributed by atoms with Gasteiger partial charge in [-0.15, -0.1) is 11.3 Å². The van der Waals surface area contributed by atoms with Crippen molar-refractivity contribution < 1.29 is 81.2 Å². The number of aromatic hydroxyl groups is 1. The summed E-state index contributed by atoms with van der Waals surface area (Å²) in [6.07, 6.45) is 2.62. The number of rotatable bonds is 10. The maximum atomic E-state index is 13.9. The van der Waals surface area contributed by atoms with Crippen LogP contribution in [0, 0.1) is 11.8 Å². The number of carbonyl (C=O) groups excluding carboxylic acids is 7. The van der Waals surface area contributed by atoms with Gasteiger partial charge in [0.25, 0.3) is 5.91 Å². The summed E-state index contributed by atoms with van der Waals surface area (Å²) in [5, 5.41) is 26.2. The number of thiazole rings is 1. The number of amides is 6. The number of nitrogens with zero attached hydrogens (tertiary/aromatic N) is 1. The average Bonchev–Trinajstić information content (AvgIpc) is 3.61. The standard InChI is InChI=1S/C36H50N8O11S2.Na/c1-6-19(4)29-30(47)35(52)42-25(14-21-7-10-23(45)11-8-21)36-39-22(16-56-36)9-12-28(46)40-27(17-57(53,54)55)32(49)38-15-26(43-31(48)20(5)37)34(51)41-24(13-18(2)3)33(50)44-29;/h7-12,16,18-20,24-27,29,45H,6,13-15,17,37H2,1-5H3,(H,38,49)(H,40,46)(H,41,51)(H,42,52)(H,43,48)(H,44,50)(H,53,54,55);/q;+1/p-1/b12-9+;/t19-,20-,24-,25-,26-,27-,29-;/m0./s1. The van der Waals surface area contributed by atoms with Crippen molar-refractivity contribution in [3.05, 3.63) is 52.0 Å². The third-order valence-corrected chi connectivity index (χ3v) is 10.5. The van der Waals surface area contributed by atoms with E-state index >= 15 is 0 Å². The van der Waals surface area contributed by atoms with E-state index in [0.29, 0.717) is 17.0 Å². The van der Waals surface area contributed by atoms with Crippen molar-refractivity contribution in [2.24, 2.45) is 17.6 Å². The van der Waals surface area contributed by atoms with E-state index in [1.807, 2.05) is 0 Å². The van der Waals surface area contributed by atoms with Crippen molar-refractivity contribution in [2.75, 3.05) is 12.3 Å². The fourth-order valence-corrected chi connectivity index (χ4v) is 6.99. The van der Waals surface area contributed by atoms with E-state index in [4.69, 9.17) is 5.73 Å². The second-order valence-corrected chi connectivity index (χ2v) is 16.5. The molecule has 1 aromatic carbocycles. The number of phenolic OH excluding ortho intramolecular Hbond substituents is 1. The van der Waals surface area contributed by atoms with Crippen molar-refractivity contribution in [3.63, 3.8) is 0 Å². The molecule has 1 aliphatic rings. The molecule has 0 aliphatic carbocycles. The molecule has 0 spiro atoms. The second kappa shape index (κ2) is 22.8. The second-order valence-electron chi connectivity index (χ2n) is 14.1. The zero-order valence-corrected chi connectivity index (χ0v) is 36.7. The molecule has 9 N–H and O–H groups in total. The minimum Gasteiger partial charge on any atom is -0.748 e. The Morgan fingerprint density at radius 2 is 1.60 bits per heavy atom. The Morgan fingerprint density at radius 3 is 2.19 bits per heavy atom. The van der Waals surface area contributed by atoms with E-state index in [1.165, 1.54) is 30.5 Å². The normalized spacial score (nSPS) is 23.3. The number of Topliss-reactive ketones (excluding diaryl/α,β-unsaturated/α-hetero) is 1. The number of carbonyl (C=O) groups is 7. The third-order valence-electron chi connectivity index (χ3n) is 8.81. The van der Waals surface area contributed by atoms with Gasteiger partial charge in [0.15, 0.2) is 0 Å². The number of nitrogens with one attached hydrogen (secondary N) is 6. The van der Waals surface area contributed by atoms with Gasteiger partial charge in [0.2, 0.25) is 35.3 Å². The number of ketones is 1. The Labute approximate surface area is 362 Å². The minimum absolute atomic E-state index is 0. The predicted molar refractivity (Wildman–Crippen MR) is 207 cm³/mol. The molecule has 2 bridgehead atoms. The molecule has 1 aliphatic heterocycles. The van der Waals surface area contributed by atoms with Crippen LogP contribution in [0.15, 0.2) is 35.7 Å². The molecular formula is C36H49N8NaO11S2. The summed E-state index contributed by atoms with van der Waals surface area (Å²) in [6.45, 7) is 7.54. The maximum absolute atomic E-state index is 13.9. The molecule has 0 unspecified atom stereocenters. The van der Waals surface area contributed by atoms with E-state index in [-0.39, 0.29) is 59.8 Å². The number of hydrogen-bond donors (Lipinski definition) is 8. The van der Waals surface area contributed by atoms with Crippen molar-refractivity contribution in [1.82, 2.24) is 36.9 Å². The molecular weight excluding hydrogens is 808 g/mol. The van der Waals surface area contributed by atoms with E-state index in [2.05, 4.69) is 36.9 Å². The van der Waals surface area contributed by atoms with Crippen molar-refractivity contribution >= 4 is 68.8 Å². The molecule has 0 fully saturated rings. The maximum Gasteiger partial charge on any atom is 1.00 e. The van der Waals surface area contributed by atoms with Crippen LogP contribution < -0.4 is 67.2 Å². The Morgan fingerprint density at radius 1 is 0.948 bits per heavy atom. The van der Waals surface area contributed by atoms with E-state index in [9.17, 15) is 51.6 Å². The third kappa shape index (κ3) is 15.8. The van der Waals surface area contributed by atoms with Gasteiger partial charge in [-0.1, -0.05) is 46.2 Å². The molecule has 1 aromatic heterocycles. The first-order valence-corrected chi connectivity index (χ1v) is 20.6. The van der Waals surface area contributed by atoms with E-state index in [1.54, 1.807) is 39.8 Å². The van der Waals surface area contributed by atoms with E-state index < -0.39 is 106 Å². The minimum atomic E-state index is -5.10. The number of fused-ring (bicyclic) bond motifs is 2. The molecule has 2 aromatic rings. The first-order valence-electron chi connectivity index (χ1n) is 18.1. The molecule has 312 valence electrons. The largest absolute Gasteiger partial charge is 1.00 e. The van der Waals surface area contributed by atoms with Gasteiger partial charge in [0.1, 0.15) is 28.9 Å². The first-order chi connectivity index (χ1) is 26.7. The van der Waals surface area contributed by atoms with Gasteiger partial charge in [0.05, 0.1) is 39.7 Å². The first kappa shape index (κ1) is 49.9. The average molecular weight is 857 g/mol. The Balaban J connectivity index is 0.0000116. The monoisotopic (exact) mass is 856 g/mol. The summed E-state index contributed by atoms with van der Waals surface area (Å²) in [5.74, 6) is -9.02. The van der Waals surface area contributed by atoms with Crippen LogP contribution in [0.5, 0.6) is 5.75 Å². The van der Waals surface area contributed by atoms with Gasteiger partial charge >= 0.3 is 29.6 Å². The number of aromatic nitrogens is 1. The van der Waals surface area contributed by atoms with Crippen molar-refractivity contribution in [1.29, 1.82) is 0 Å². The molecule has 3 rings (SSSR count). The van der Waals surface area contributed by atoms with Crippen LogP contribution >= 0.6 is 11.3 Å². The number of nitrogens with two attached hydrogens (primary N) is 1. The van der Waals surface area contributed by atoms with Crippen LogP contribution in [0.1, 0.15) is 69.8 Å². The zero-order chi connectivity index (χ0) is 42.6. The summed E-state index contributed by atoms with van der Waals surface area (Å²) in [6, 6.07) is -2.21. The molecule has 0 saturated carbocycles. The fourth-order valence-electron chi connectivity index (χ4n) is 5.51. The van der Waals surface area contributed by atoms with Gasteiger partial charge in [0, 0.05) is 18.0 Å². The summed E-state index contributed by atoms with van der Waals surface area (Å²) < 4.78 is 35.2. The molecule has 7 atom stereocenters. The number of phenols is 1. The molecule has 0 saturated heterocycles. The molecule has 6 amide bonds. The number of benzene rings is 1. The van der Waals surface area contributed by atoms with Crippen LogP contribution in [0.3, 0.4) is 0 Å². The van der Waals surface area contributed by atoms with Gasteiger partial charge in [-0.05, 0) is 55.4 Å². The van der Waals surface area contributed by atoms with Crippen LogP contribution in [0.4, 0.5) is 0 Å².